The molecule has 5 N–H and O–H groups in total. The number of nitrogens with one attached hydrogen (secondary N) is 5. The largest absolute Gasteiger partial charge is 0.491 e. The molecule has 2 bridgehead atoms. The summed E-state index contributed by atoms with van der Waals surface area (Å²) in [6, 6.07) is 17.6. The molecule has 3 aromatic carbocycles. The number of nitrogens with zero attached hydrogens (tertiary/aromatic N) is 1. The van der Waals surface area contributed by atoms with Crippen LogP contribution in [-0.4, -0.2) is 85.4 Å². The molecule has 1 aliphatic carbocycles. The Hall–Kier alpha value is -5.92. The van der Waals surface area contributed by atoms with E-state index in [0.29, 0.717) is 42.0 Å². The van der Waals surface area contributed by atoms with Gasteiger partial charge in [-0.1, -0.05) is 56.3 Å². The number of fused-ring (bicyclic) bond motifs is 16. The molecule has 3 aromatic rings. The number of anilines is 1. The number of rotatable bonds is 6. The van der Waals surface area contributed by atoms with Crippen LogP contribution < -0.4 is 41.0 Å². The number of hydrogen-bond acceptors (Lipinski definition) is 8. The van der Waals surface area contributed by atoms with Gasteiger partial charge in [0.15, 0.2) is 6.61 Å². The molecule has 7 rings (SSSR count). The van der Waals surface area contributed by atoms with E-state index in [4.69, 9.17) is 9.47 Å². The van der Waals surface area contributed by atoms with Gasteiger partial charge in [-0.05, 0) is 73.6 Å². The standard InChI is InChI=1S/C41H48N6O8/c1-24(2)18-29-22-54-30-13-10-27(11-14-30)20-31(44-37(50)28-12-15-34-33(21-28)47(4)35(48)23-55-34)38(51)42-25(3)36(49)46-41(16-17-41)40(53)45-32(39(52)43-29)19-26-8-6-5-7-9-26/h5-15,21,24-25,29,31-32H,16-20,22-23H2,1-4H3,(H,42,51)(H,43,52)(H,44,50)(H,45,53)(H,46,49)/t25-,29+,31+,32-/m1/s1. The molecule has 0 aromatic heterocycles. The Balaban J connectivity index is 1.26. The lowest BCUT2D eigenvalue weighted by Crippen LogP contribution is -2.59. The Morgan fingerprint density at radius 2 is 1.62 bits per heavy atom. The Labute approximate surface area is 320 Å². The third-order valence-corrected chi connectivity index (χ3v) is 10.0. The maximum absolute atomic E-state index is 13.9. The van der Waals surface area contributed by atoms with E-state index in [1.807, 2.05) is 44.2 Å². The molecule has 14 heteroatoms. The minimum atomic E-state index is -1.24. The van der Waals surface area contributed by atoms with Gasteiger partial charge in [-0.3, -0.25) is 28.8 Å². The fraction of sp³-hybridized carbons (Fsp3) is 0.415. The third-order valence-electron chi connectivity index (χ3n) is 10.0. The van der Waals surface area contributed by atoms with Crippen LogP contribution in [0.25, 0.3) is 0 Å². The predicted octanol–water partition coefficient (Wildman–Crippen LogP) is 2.19. The van der Waals surface area contributed by atoms with Crippen molar-refractivity contribution in [1.82, 2.24) is 26.6 Å². The zero-order chi connectivity index (χ0) is 39.3. The molecule has 1 saturated carbocycles. The van der Waals surface area contributed by atoms with Gasteiger partial charge >= 0.3 is 0 Å². The van der Waals surface area contributed by atoms with Gasteiger partial charge in [0.1, 0.15) is 41.8 Å². The van der Waals surface area contributed by atoms with Crippen molar-refractivity contribution in [3.63, 3.8) is 0 Å². The van der Waals surface area contributed by atoms with E-state index < -0.39 is 47.3 Å². The minimum Gasteiger partial charge on any atom is -0.491 e. The Bertz CT molecular complexity index is 1930. The molecule has 55 heavy (non-hydrogen) atoms. The molecule has 0 radical (unpaired) electrons. The first-order valence-corrected chi connectivity index (χ1v) is 18.6. The maximum atomic E-state index is 13.9. The molecule has 6 amide bonds. The molecule has 1 fully saturated rings. The van der Waals surface area contributed by atoms with Gasteiger partial charge in [0, 0.05) is 25.5 Å². The smallest absolute Gasteiger partial charge is 0.264 e. The molecular formula is C41H48N6O8. The van der Waals surface area contributed by atoms with Crippen molar-refractivity contribution in [3.8, 4) is 11.5 Å². The zero-order valence-electron chi connectivity index (χ0n) is 31.5. The molecule has 3 aliphatic heterocycles. The first-order valence-electron chi connectivity index (χ1n) is 18.6. The van der Waals surface area contributed by atoms with E-state index >= 15 is 0 Å². The maximum Gasteiger partial charge on any atom is 0.264 e. The summed E-state index contributed by atoms with van der Waals surface area (Å²) < 4.78 is 11.6. The van der Waals surface area contributed by atoms with Crippen molar-refractivity contribution in [2.45, 2.75) is 82.6 Å². The Morgan fingerprint density at radius 1 is 0.891 bits per heavy atom. The molecule has 290 valence electrons. The van der Waals surface area contributed by atoms with Gasteiger partial charge < -0.3 is 41.0 Å². The number of carbonyl (C=O) groups is 6. The van der Waals surface area contributed by atoms with Gasteiger partial charge in [0.2, 0.25) is 23.6 Å². The minimum absolute atomic E-state index is 0.0693. The van der Waals surface area contributed by atoms with Crippen LogP contribution >= 0.6 is 0 Å². The second-order valence-electron chi connectivity index (χ2n) is 15.0. The Morgan fingerprint density at radius 3 is 2.31 bits per heavy atom. The average molecular weight is 753 g/mol. The number of amides is 6. The highest BCUT2D eigenvalue weighted by molar-refractivity contribution is 6.03. The number of benzene rings is 3. The monoisotopic (exact) mass is 752 g/mol. The molecule has 1 spiro atoms. The fourth-order valence-electron chi connectivity index (χ4n) is 6.67. The van der Waals surface area contributed by atoms with Crippen molar-refractivity contribution in [1.29, 1.82) is 0 Å². The van der Waals surface area contributed by atoms with Gasteiger partial charge in [0.25, 0.3) is 11.8 Å². The molecule has 0 saturated heterocycles. The van der Waals surface area contributed by atoms with E-state index in [2.05, 4.69) is 26.6 Å². The summed E-state index contributed by atoms with van der Waals surface area (Å²) in [6.45, 7) is 5.65. The summed E-state index contributed by atoms with van der Waals surface area (Å²) in [4.78, 5) is 82.3. The highest BCUT2D eigenvalue weighted by atomic mass is 16.5. The van der Waals surface area contributed by atoms with Crippen LogP contribution in [0.2, 0.25) is 0 Å². The highest BCUT2D eigenvalue weighted by Gasteiger charge is 2.52. The zero-order valence-corrected chi connectivity index (χ0v) is 31.5. The SMILES string of the molecule is CC(C)C[C@H]1COc2ccc(cc2)C[C@H](NC(=O)c2ccc3c(c2)N(C)C(=O)CO3)C(=O)N[C@H](C)C(=O)NC2(CC2)C(=O)N[C@H](Cc2ccccc2)C(=O)N1. The molecule has 4 aliphatic rings. The van der Waals surface area contributed by atoms with Crippen LogP contribution in [-0.2, 0) is 36.8 Å². The molecule has 3 heterocycles. The number of ether oxygens (including phenoxy) is 2. The van der Waals surface area contributed by atoms with E-state index in [0.717, 1.165) is 5.56 Å². The van der Waals surface area contributed by atoms with E-state index in [9.17, 15) is 28.8 Å². The summed E-state index contributed by atoms with van der Waals surface area (Å²) in [5, 5.41) is 14.3. The van der Waals surface area contributed by atoms with Crippen molar-refractivity contribution in [3.05, 3.63) is 89.5 Å². The van der Waals surface area contributed by atoms with Gasteiger partial charge in [0.05, 0.1) is 11.7 Å². The number of likely N-dealkylation sites (N-methyl/N-ethyl adjacent to an activating group) is 1. The van der Waals surface area contributed by atoms with Crippen molar-refractivity contribution in [2.24, 2.45) is 5.92 Å². The van der Waals surface area contributed by atoms with Crippen LogP contribution in [0.1, 0.15) is 61.5 Å². The first kappa shape index (κ1) is 38.8. The van der Waals surface area contributed by atoms with Crippen LogP contribution in [0.4, 0.5) is 5.69 Å². The predicted molar refractivity (Wildman–Crippen MR) is 203 cm³/mol. The molecular weight excluding hydrogens is 704 g/mol. The van der Waals surface area contributed by atoms with Gasteiger partial charge in [-0.2, -0.15) is 0 Å². The van der Waals surface area contributed by atoms with Crippen molar-refractivity contribution in [2.75, 3.05) is 25.2 Å². The van der Waals surface area contributed by atoms with Crippen LogP contribution in [0.5, 0.6) is 11.5 Å². The van der Waals surface area contributed by atoms with E-state index in [1.165, 1.54) is 17.9 Å². The summed E-state index contributed by atoms with van der Waals surface area (Å²) in [7, 11) is 1.59. The fourth-order valence-corrected chi connectivity index (χ4v) is 6.67. The second-order valence-corrected chi connectivity index (χ2v) is 15.0. The molecule has 0 unspecified atom stereocenters. The average Bonchev–Trinajstić information content (AvgIpc) is 3.95. The lowest BCUT2D eigenvalue weighted by molar-refractivity contribution is -0.134. The van der Waals surface area contributed by atoms with Crippen LogP contribution in [0.15, 0.2) is 72.8 Å². The summed E-state index contributed by atoms with van der Waals surface area (Å²) in [6.07, 6.45) is 1.63. The lowest BCUT2D eigenvalue weighted by Gasteiger charge is -2.28. The van der Waals surface area contributed by atoms with E-state index in [1.54, 1.807) is 43.4 Å². The number of hydrogen-bond donors (Lipinski definition) is 5. The second kappa shape index (κ2) is 16.6. The summed E-state index contributed by atoms with van der Waals surface area (Å²) in [5.74, 6) is -1.69. The topological polar surface area (TPSA) is 184 Å². The molecule has 14 nitrogen and oxygen atoms in total. The van der Waals surface area contributed by atoms with Crippen molar-refractivity contribution < 1.29 is 38.2 Å². The first-order chi connectivity index (χ1) is 26.3. The van der Waals surface area contributed by atoms with E-state index in [-0.39, 0.29) is 55.4 Å². The Kier molecular flexibility index (Phi) is 11.7. The summed E-state index contributed by atoms with van der Waals surface area (Å²) in [5.41, 5.74) is 0.932. The normalized spacial score (nSPS) is 23.0. The molecule has 4 atom stereocenters. The summed E-state index contributed by atoms with van der Waals surface area (Å²) >= 11 is 0. The van der Waals surface area contributed by atoms with Crippen LogP contribution in [0.3, 0.4) is 0 Å². The van der Waals surface area contributed by atoms with Gasteiger partial charge in [-0.15, -0.1) is 0 Å². The number of carbonyl (C=O) groups excluding carboxylic acids is 6. The van der Waals surface area contributed by atoms with Crippen molar-refractivity contribution >= 4 is 41.1 Å². The lowest BCUT2D eigenvalue weighted by atomic mass is 10.0. The third kappa shape index (κ3) is 9.61. The highest BCUT2D eigenvalue weighted by Crippen LogP contribution is 2.36. The van der Waals surface area contributed by atoms with Gasteiger partial charge in [-0.25, -0.2) is 0 Å². The quantitative estimate of drug-likeness (QED) is 0.238. The van der Waals surface area contributed by atoms with Crippen LogP contribution in [0, 0.1) is 5.92 Å².